The van der Waals surface area contributed by atoms with Crippen molar-refractivity contribution in [1.82, 2.24) is 9.55 Å². The fourth-order valence-electron chi connectivity index (χ4n) is 2.90. The van der Waals surface area contributed by atoms with Crippen molar-refractivity contribution >= 4 is 28.5 Å². The number of hydrogen-bond donors (Lipinski definition) is 0. The van der Waals surface area contributed by atoms with Crippen LogP contribution >= 0.6 is 11.6 Å². The highest BCUT2D eigenvalue weighted by atomic mass is 35.5. The molecule has 4 aromatic rings. The molecule has 0 saturated carbocycles. The molecule has 0 unspecified atom stereocenters. The van der Waals surface area contributed by atoms with Crippen LogP contribution in [0.3, 0.4) is 0 Å². The maximum atomic E-state index is 13.2. The fourth-order valence-corrected chi connectivity index (χ4v) is 3.07. The summed E-state index contributed by atoms with van der Waals surface area (Å²) in [7, 11) is 1.62. The second-order valence-electron chi connectivity index (χ2n) is 5.80. The van der Waals surface area contributed by atoms with Crippen LogP contribution in [-0.4, -0.2) is 22.6 Å². The standard InChI is InChI=1S/C21H15ClN2O2/c1-26-17-10-7-14(8-11-17)20-23-18-13-16(22)9-12-19(18)24(20)21(25)15-5-3-2-4-6-15/h2-13H,1H3. The summed E-state index contributed by atoms with van der Waals surface area (Å²) in [5, 5.41) is 0.579. The first-order valence-electron chi connectivity index (χ1n) is 8.09. The first-order chi connectivity index (χ1) is 12.7. The number of carbonyl (C=O) groups is 1. The predicted octanol–water partition coefficient (Wildman–Crippen LogP) is 5.05. The topological polar surface area (TPSA) is 44.1 Å². The number of benzene rings is 3. The Balaban J connectivity index is 1.95. The summed E-state index contributed by atoms with van der Waals surface area (Å²) in [6.07, 6.45) is 0. The van der Waals surface area contributed by atoms with Crippen molar-refractivity contribution in [2.45, 2.75) is 0 Å². The Morgan fingerprint density at radius 3 is 2.42 bits per heavy atom. The number of carbonyl (C=O) groups excluding carboxylic acids is 1. The molecule has 0 radical (unpaired) electrons. The lowest BCUT2D eigenvalue weighted by atomic mass is 10.1. The van der Waals surface area contributed by atoms with Gasteiger partial charge in [-0.15, -0.1) is 0 Å². The molecule has 1 heterocycles. The van der Waals surface area contributed by atoms with E-state index in [0.717, 1.165) is 11.3 Å². The summed E-state index contributed by atoms with van der Waals surface area (Å²) in [5.74, 6) is 1.17. The Hall–Kier alpha value is -3.11. The van der Waals surface area contributed by atoms with E-state index in [9.17, 15) is 4.79 Å². The van der Waals surface area contributed by atoms with Gasteiger partial charge in [0.25, 0.3) is 5.91 Å². The molecule has 5 heteroatoms. The predicted molar refractivity (Wildman–Crippen MR) is 103 cm³/mol. The van der Waals surface area contributed by atoms with Gasteiger partial charge in [-0.2, -0.15) is 0 Å². The summed E-state index contributed by atoms with van der Waals surface area (Å²) in [6, 6.07) is 22.0. The third kappa shape index (κ3) is 2.85. The molecule has 0 aliphatic heterocycles. The Morgan fingerprint density at radius 1 is 1.00 bits per heavy atom. The summed E-state index contributed by atoms with van der Waals surface area (Å²) in [6.45, 7) is 0. The van der Waals surface area contributed by atoms with Crippen LogP contribution in [0.25, 0.3) is 22.4 Å². The van der Waals surface area contributed by atoms with E-state index in [-0.39, 0.29) is 5.91 Å². The number of nitrogens with zero attached hydrogens (tertiary/aromatic N) is 2. The van der Waals surface area contributed by atoms with Crippen LogP contribution in [0, 0.1) is 0 Å². The van der Waals surface area contributed by atoms with Crippen LogP contribution < -0.4 is 4.74 Å². The Bertz CT molecular complexity index is 1090. The van der Waals surface area contributed by atoms with Gasteiger partial charge in [-0.1, -0.05) is 29.8 Å². The van der Waals surface area contributed by atoms with Gasteiger partial charge in [0.15, 0.2) is 0 Å². The molecule has 0 atom stereocenters. The van der Waals surface area contributed by atoms with E-state index in [4.69, 9.17) is 16.3 Å². The van der Waals surface area contributed by atoms with Crippen molar-refractivity contribution in [3.63, 3.8) is 0 Å². The molecule has 0 aliphatic rings. The Morgan fingerprint density at radius 2 is 1.73 bits per heavy atom. The second-order valence-corrected chi connectivity index (χ2v) is 6.24. The lowest BCUT2D eigenvalue weighted by Crippen LogP contribution is -2.13. The van der Waals surface area contributed by atoms with Gasteiger partial charge in [0.1, 0.15) is 11.6 Å². The number of imidazole rings is 1. The van der Waals surface area contributed by atoms with E-state index in [1.807, 2.05) is 48.5 Å². The molecule has 0 saturated heterocycles. The minimum absolute atomic E-state index is 0.138. The highest BCUT2D eigenvalue weighted by Gasteiger charge is 2.19. The minimum atomic E-state index is -0.138. The molecule has 0 fully saturated rings. The van der Waals surface area contributed by atoms with Crippen LogP contribution in [-0.2, 0) is 0 Å². The van der Waals surface area contributed by atoms with Crippen LogP contribution in [0.5, 0.6) is 5.75 Å². The summed E-state index contributed by atoms with van der Waals surface area (Å²) >= 11 is 6.11. The van der Waals surface area contributed by atoms with E-state index in [1.54, 1.807) is 35.9 Å². The zero-order valence-electron chi connectivity index (χ0n) is 14.0. The van der Waals surface area contributed by atoms with Crippen molar-refractivity contribution in [2.24, 2.45) is 0 Å². The van der Waals surface area contributed by atoms with Gasteiger partial charge >= 0.3 is 0 Å². The number of aromatic nitrogens is 2. The maximum absolute atomic E-state index is 13.2. The molecular weight excluding hydrogens is 348 g/mol. The normalized spacial score (nSPS) is 10.8. The van der Waals surface area contributed by atoms with E-state index in [1.165, 1.54) is 0 Å². The number of methoxy groups -OCH3 is 1. The Kier molecular flexibility index (Phi) is 4.19. The van der Waals surface area contributed by atoms with Gasteiger partial charge in [0.05, 0.1) is 18.1 Å². The van der Waals surface area contributed by atoms with Crippen LogP contribution in [0.15, 0.2) is 72.8 Å². The second kappa shape index (κ2) is 6.65. The van der Waals surface area contributed by atoms with Crippen molar-refractivity contribution in [3.8, 4) is 17.1 Å². The zero-order chi connectivity index (χ0) is 18.1. The van der Waals surface area contributed by atoms with Crippen LogP contribution in [0.1, 0.15) is 10.4 Å². The van der Waals surface area contributed by atoms with Gasteiger partial charge in [-0.3, -0.25) is 9.36 Å². The number of halogens is 1. The first kappa shape index (κ1) is 16.4. The molecule has 0 spiro atoms. The number of fused-ring (bicyclic) bond motifs is 1. The van der Waals surface area contributed by atoms with E-state index in [2.05, 4.69) is 4.98 Å². The highest BCUT2D eigenvalue weighted by molar-refractivity contribution is 6.31. The van der Waals surface area contributed by atoms with E-state index in [0.29, 0.717) is 27.4 Å². The van der Waals surface area contributed by atoms with E-state index < -0.39 is 0 Å². The quantitative estimate of drug-likeness (QED) is 0.512. The van der Waals surface area contributed by atoms with Gasteiger partial charge in [-0.25, -0.2) is 4.98 Å². The molecular formula is C21H15ClN2O2. The van der Waals surface area contributed by atoms with Crippen LogP contribution in [0.2, 0.25) is 5.02 Å². The third-order valence-electron chi connectivity index (χ3n) is 4.19. The van der Waals surface area contributed by atoms with Gasteiger partial charge in [0, 0.05) is 16.1 Å². The largest absolute Gasteiger partial charge is 0.497 e. The average molecular weight is 363 g/mol. The number of ether oxygens (including phenoxy) is 1. The lowest BCUT2D eigenvalue weighted by Gasteiger charge is -2.09. The van der Waals surface area contributed by atoms with Crippen molar-refractivity contribution in [1.29, 1.82) is 0 Å². The maximum Gasteiger partial charge on any atom is 0.264 e. The minimum Gasteiger partial charge on any atom is -0.497 e. The van der Waals surface area contributed by atoms with Gasteiger partial charge < -0.3 is 4.74 Å². The first-order valence-corrected chi connectivity index (χ1v) is 8.47. The van der Waals surface area contributed by atoms with Gasteiger partial charge in [0.2, 0.25) is 0 Å². The van der Waals surface area contributed by atoms with Crippen molar-refractivity contribution < 1.29 is 9.53 Å². The molecule has 4 rings (SSSR count). The molecule has 4 nitrogen and oxygen atoms in total. The van der Waals surface area contributed by atoms with E-state index >= 15 is 0 Å². The molecule has 0 N–H and O–H groups in total. The molecule has 26 heavy (non-hydrogen) atoms. The summed E-state index contributed by atoms with van der Waals surface area (Å²) < 4.78 is 6.84. The van der Waals surface area contributed by atoms with Crippen molar-refractivity contribution in [2.75, 3.05) is 7.11 Å². The summed E-state index contributed by atoms with van der Waals surface area (Å²) in [4.78, 5) is 17.9. The zero-order valence-corrected chi connectivity index (χ0v) is 14.8. The molecule has 128 valence electrons. The number of rotatable bonds is 3. The lowest BCUT2D eigenvalue weighted by molar-refractivity contribution is 0.0966. The van der Waals surface area contributed by atoms with Crippen LogP contribution in [0.4, 0.5) is 0 Å². The molecule has 1 aromatic heterocycles. The highest BCUT2D eigenvalue weighted by Crippen LogP contribution is 2.29. The SMILES string of the molecule is COc1ccc(-c2nc3cc(Cl)ccc3n2C(=O)c2ccccc2)cc1. The average Bonchev–Trinajstić information content (AvgIpc) is 3.06. The summed E-state index contributed by atoms with van der Waals surface area (Å²) in [5.41, 5.74) is 2.81. The molecule has 3 aromatic carbocycles. The fraction of sp³-hybridized carbons (Fsp3) is 0.0476. The van der Waals surface area contributed by atoms with Gasteiger partial charge in [-0.05, 0) is 54.6 Å². The number of hydrogen-bond acceptors (Lipinski definition) is 3. The monoisotopic (exact) mass is 362 g/mol. The molecule has 0 aliphatic carbocycles. The third-order valence-corrected chi connectivity index (χ3v) is 4.42. The molecule has 0 bridgehead atoms. The Labute approximate surface area is 155 Å². The molecule has 0 amide bonds. The smallest absolute Gasteiger partial charge is 0.264 e. The van der Waals surface area contributed by atoms with Crippen molar-refractivity contribution in [3.05, 3.63) is 83.4 Å².